The standard InChI is InChI=1S/C23H23N3OS/c1-14-16(3)28-23-19(14)22(27)25-21(26-23)15(2)24-20(17-10-6-4-7-11-17)18-12-8-5-9-13-18/h4-13,15,20,24H,1-3H3,(H,25,26,27). The molecule has 0 saturated heterocycles. The van der Waals surface area contributed by atoms with Crippen LogP contribution < -0.4 is 10.9 Å². The molecule has 1 unspecified atom stereocenters. The van der Waals surface area contributed by atoms with E-state index in [2.05, 4.69) is 34.6 Å². The van der Waals surface area contributed by atoms with E-state index in [4.69, 9.17) is 4.98 Å². The first kappa shape index (κ1) is 18.6. The van der Waals surface area contributed by atoms with Crippen molar-refractivity contribution in [3.63, 3.8) is 0 Å². The van der Waals surface area contributed by atoms with Crippen molar-refractivity contribution in [2.75, 3.05) is 0 Å². The second-order valence-corrected chi connectivity index (χ2v) is 8.26. The fraction of sp³-hybridized carbons (Fsp3) is 0.217. The molecule has 2 heterocycles. The molecule has 0 radical (unpaired) electrons. The van der Waals surface area contributed by atoms with E-state index in [-0.39, 0.29) is 17.6 Å². The van der Waals surface area contributed by atoms with Crippen molar-refractivity contribution < 1.29 is 0 Å². The van der Waals surface area contributed by atoms with Gasteiger partial charge in [-0.3, -0.25) is 10.1 Å². The third-order valence-corrected chi connectivity index (χ3v) is 6.25. The Labute approximate surface area is 168 Å². The van der Waals surface area contributed by atoms with Crippen molar-refractivity contribution in [3.8, 4) is 0 Å². The summed E-state index contributed by atoms with van der Waals surface area (Å²) in [7, 11) is 0. The topological polar surface area (TPSA) is 57.8 Å². The van der Waals surface area contributed by atoms with Crippen LogP contribution >= 0.6 is 11.3 Å². The Morgan fingerprint density at radius 2 is 1.54 bits per heavy atom. The predicted molar refractivity (Wildman–Crippen MR) is 116 cm³/mol. The number of aromatic amines is 1. The molecule has 0 aliphatic heterocycles. The van der Waals surface area contributed by atoms with Crippen molar-refractivity contribution in [2.24, 2.45) is 0 Å². The highest BCUT2D eigenvalue weighted by Crippen LogP contribution is 2.28. The van der Waals surface area contributed by atoms with E-state index in [1.54, 1.807) is 11.3 Å². The van der Waals surface area contributed by atoms with Crippen molar-refractivity contribution in [2.45, 2.75) is 32.9 Å². The quantitative estimate of drug-likeness (QED) is 0.503. The number of thiophene rings is 1. The molecular formula is C23H23N3OS. The zero-order valence-corrected chi connectivity index (χ0v) is 17.0. The van der Waals surface area contributed by atoms with Gasteiger partial charge < -0.3 is 4.98 Å². The predicted octanol–water partition coefficient (Wildman–Crippen LogP) is 5.04. The highest BCUT2D eigenvalue weighted by Gasteiger charge is 2.20. The van der Waals surface area contributed by atoms with Crippen molar-refractivity contribution in [1.29, 1.82) is 0 Å². The fourth-order valence-corrected chi connectivity index (χ4v) is 4.52. The molecule has 2 aromatic heterocycles. The number of rotatable bonds is 5. The van der Waals surface area contributed by atoms with Crippen LogP contribution in [0.3, 0.4) is 0 Å². The van der Waals surface area contributed by atoms with E-state index >= 15 is 0 Å². The summed E-state index contributed by atoms with van der Waals surface area (Å²) < 4.78 is 0. The first-order valence-electron chi connectivity index (χ1n) is 9.40. The highest BCUT2D eigenvalue weighted by atomic mass is 32.1. The van der Waals surface area contributed by atoms with Crippen LogP contribution in [0.2, 0.25) is 0 Å². The molecular weight excluding hydrogens is 366 g/mol. The van der Waals surface area contributed by atoms with Crippen LogP contribution in [0.4, 0.5) is 0 Å². The number of hydrogen-bond acceptors (Lipinski definition) is 4. The molecule has 0 aliphatic rings. The molecule has 0 bridgehead atoms. The molecule has 4 rings (SSSR count). The number of hydrogen-bond donors (Lipinski definition) is 2. The van der Waals surface area contributed by atoms with Crippen LogP contribution in [0.25, 0.3) is 10.2 Å². The lowest BCUT2D eigenvalue weighted by Gasteiger charge is -2.24. The largest absolute Gasteiger partial charge is 0.309 e. The summed E-state index contributed by atoms with van der Waals surface area (Å²) in [5, 5.41) is 4.36. The summed E-state index contributed by atoms with van der Waals surface area (Å²) in [5.74, 6) is 0.663. The summed E-state index contributed by atoms with van der Waals surface area (Å²) in [5.41, 5.74) is 3.30. The third kappa shape index (κ3) is 3.51. The maximum atomic E-state index is 12.6. The van der Waals surface area contributed by atoms with E-state index in [9.17, 15) is 4.79 Å². The monoisotopic (exact) mass is 389 g/mol. The maximum absolute atomic E-state index is 12.6. The summed E-state index contributed by atoms with van der Waals surface area (Å²) >= 11 is 1.58. The van der Waals surface area contributed by atoms with Crippen LogP contribution in [0.5, 0.6) is 0 Å². The number of aromatic nitrogens is 2. The van der Waals surface area contributed by atoms with Gasteiger partial charge in [0, 0.05) is 4.88 Å². The molecule has 28 heavy (non-hydrogen) atoms. The van der Waals surface area contributed by atoms with Crippen LogP contribution in [-0.2, 0) is 0 Å². The van der Waals surface area contributed by atoms with Crippen molar-refractivity contribution in [1.82, 2.24) is 15.3 Å². The van der Waals surface area contributed by atoms with Gasteiger partial charge in [-0.25, -0.2) is 4.98 Å². The second kappa shape index (κ2) is 7.70. The normalized spacial score (nSPS) is 12.6. The molecule has 4 nitrogen and oxygen atoms in total. The lowest BCUT2D eigenvalue weighted by molar-refractivity contribution is 0.496. The number of nitrogens with one attached hydrogen (secondary N) is 2. The van der Waals surface area contributed by atoms with E-state index in [1.165, 1.54) is 11.1 Å². The molecule has 2 aromatic carbocycles. The smallest absolute Gasteiger partial charge is 0.259 e. The lowest BCUT2D eigenvalue weighted by atomic mass is 9.98. The Balaban J connectivity index is 1.71. The Kier molecular flexibility index (Phi) is 5.11. The first-order valence-corrected chi connectivity index (χ1v) is 10.2. The molecule has 0 saturated carbocycles. The molecule has 0 aliphatic carbocycles. The van der Waals surface area contributed by atoms with Gasteiger partial charge >= 0.3 is 0 Å². The number of H-pyrrole nitrogens is 1. The zero-order valence-electron chi connectivity index (χ0n) is 16.2. The van der Waals surface area contributed by atoms with Crippen LogP contribution in [-0.4, -0.2) is 9.97 Å². The van der Waals surface area contributed by atoms with Gasteiger partial charge in [0.25, 0.3) is 5.56 Å². The van der Waals surface area contributed by atoms with Gasteiger partial charge in [0.05, 0.1) is 17.5 Å². The SMILES string of the molecule is Cc1sc2nc(C(C)NC(c3ccccc3)c3ccccc3)[nH]c(=O)c2c1C. The maximum Gasteiger partial charge on any atom is 0.259 e. The zero-order chi connectivity index (χ0) is 19.7. The molecule has 142 valence electrons. The van der Waals surface area contributed by atoms with Crippen LogP contribution in [0.1, 0.15) is 46.4 Å². The first-order chi connectivity index (χ1) is 13.5. The van der Waals surface area contributed by atoms with Crippen LogP contribution in [0, 0.1) is 13.8 Å². The number of nitrogens with zero attached hydrogens (tertiary/aromatic N) is 1. The van der Waals surface area contributed by atoms with Gasteiger partial charge in [-0.1, -0.05) is 60.7 Å². The minimum absolute atomic E-state index is 0.00482. The average Bonchev–Trinajstić information content (AvgIpc) is 3.01. The van der Waals surface area contributed by atoms with Crippen LogP contribution in [0.15, 0.2) is 65.5 Å². The molecule has 2 N–H and O–H groups in total. The number of aryl methyl sites for hydroxylation is 2. The van der Waals surface area contributed by atoms with Gasteiger partial charge in [0.2, 0.25) is 0 Å². The van der Waals surface area contributed by atoms with Crippen molar-refractivity contribution in [3.05, 3.63) is 98.4 Å². The van der Waals surface area contributed by atoms with Gasteiger partial charge in [0.15, 0.2) is 0 Å². The van der Waals surface area contributed by atoms with E-state index in [0.29, 0.717) is 11.2 Å². The summed E-state index contributed by atoms with van der Waals surface area (Å²) in [6.07, 6.45) is 0. The van der Waals surface area contributed by atoms with E-state index < -0.39 is 0 Å². The Morgan fingerprint density at radius 1 is 0.964 bits per heavy atom. The molecule has 4 aromatic rings. The summed E-state index contributed by atoms with van der Waals surface area (Å²) in [4.78, 5) is 22.3. The van der Waals surface area contributed by atoms with E-state index in [1.807, 2.05) is 57.2 Å². The Hall–Kier alpha value is -2.76. The summed E-state index contributed by atoms with van der Waals surface area (Å²) in [6.45, 7) is 6.05. The van der Waals surface area contributed by atoms with Gasteiger partial charge in [-0.15, -0.1) is 11.3 Å². The molecule has 5 heteroatoms. The molecule has 0 spiro atoms. The number of benzene rings is 2. The van der Waals surface area contributed by atoms with Gasteiger partial charge in [-0.2, -0.15) is 0 Å². The molecule has 0 fully saturated rings. The lowest BCUT2D eigenvalue weighted by Crippen LogP contribution is -2.28. The number of fused-ring (bicyclic) bond motifs is 1. The summed E-state index contributed by atoms with van der Waals surface area (Å²) in [6, 6.07) is 20.5. The minimum atomic E-state index is -0.120. The molecule has 0 amide bonds. The Morgan fingerprint density at radius 3 is 2.11 bits per heavy atom. The van der Waals surface area contributed by atoms with Crippen molar-refractivity contribution >= 4 is 21.6 Å². The van der Waals surface area contributed by atoms with Gasteiger partial charge in [-0.05, 0) is 37.5 Å². The highest BCUT2D eigenvalue weighted by molar-refractivity contribution is 7.18. The second-order valence-electron chi connectivity index (χ2n) is 7.06. The average molecular weight is 390 g/mol. The molecule has 1 atom stereocenters. The Bertz CT molecular complexity index is 1110. The fourth-order valence-electron chi connectivity index (χ4n) is 3.48. The van der Waals surface area contributed by atoms with E-state index in [0.717, 1.165) is 15.3 Å². The van der Waals surface area contributed by atoms with Gasteiger partial charge in [0.1, 0.15) is 10.7 Å². The minimum Gasteiger partial charge on any atom is -0.309 e. The third-order valence-electron chi connectivity index (χ3n) is 5.15.